The summed E-state index contributed by atoms with van der Waals surface area (Å²) in [5, 5.41) is 7.31. The van der Waals surface area contributed by atoms with E-state index in [4.69, 9.17) is 17.0 Å². The Bertz CT molecular complexity index is 762. The molecule has 124 valence electrons. The molecule has 2 aromatic rings. The van der Waals surface area contributed by atoms with Crippen LogP contribution in [-0.4, -0.2) is 31.5 Å². The van der Waals surface area contributed by atoms with E-state index < -0.39 is 5.97 Å². The van der Waals surface area contributed by atoms with E-state index in [2.05, 4.69) is 20.6 Å². The monoisotopic (exact) mass is 343 g/mol. The molecule has 0 aromatic heterocycles. The van der Waals surface area contributed by atoms with E-state index in [1.807, 2.05) is 24.3 Å². The van der Waals surface area contributed by atoms with Crippen molar-refractivity contribution in [3.63, 3.8) is 0 Å². The summed E-state index contributed by atoms with van der Waals surface area (Å²) >= 11 is 5.17. The number of hydrazone groups is 1. The minimum absolute atomic E-state index is 0.295. The van der Waals surface area contributed by atoms with Crippen LogP contribution in [0.2, 0.25) is 0 Å². The summed E-state index contributed by atoms with van der Waals surface area (Å²) in [7, 11) is 2.93. The maximum atomic E-state index is 11.5. The number of nitrogens with one attached hydrogen (secondary N) is 2. The number of esters is 1. The van der Waals surface area contributed by atoms with Crippen LogP contribution in [0, 0.1) is 0 Å². The second-order valence-electron chi connectivity index (χ2n) is 4.64. The highest BCUT2D eigenvalue weighted by molar-refractivity contribution is 7.80. The van der Waals surface area contributed by atoms with Crippen molar-refractivity contribution in [1.82, 2.24) is 5.43 Å². The van der Waals surface area contributed by atoms with Crippen molar-refractivity contribution in [3.8, 4) is 5.75 Å². The van der Waals surface area contributed by atoms with Crippen LogP contribution < -0.4 is 15.5 Å². The number of carbonyl (C=O) groups excluding carboxylic acids is 1. The standard InChI is InChI=1S/C17H17N3O3S/c1-22-15-9-4-3-6-13(15)11-18-20-17(24)19-14-8-5-7-12(10-14)16(21)23-2/h3-11H,1-2H3,(H2,19,20,24). The number of rotatable bonds is 5. The van der Waals surface area contributed by atoms with Gasteiger partial charge in [-0.05, 0) is 42.5 Å². The summed E-state index contributed by atoms with van der Waals surface area (Å²) < 4.78 is 9.91. The third kappa shape index (κ3) is 4.79. The van der Waals surface area contributed by atoms with Crippen LogP contribution in [0.15, 0.2) is 53.6 Å². The lowest BCUT2D eigenvalue weighted by atomic mass is 10.2. The fourth-order valence-electron chi connectivity index (χ4n) is 1.93. The molecule has 0 amide bonds. The quantitative estimate of drug-likeness (QED) is 0.376. The van der Waals surface area contributed by atoms with Crippen molar-refractivity contribution in [3.05, 3.63) is 59.7 Å². The first kappa shape index (κ1) is 17.4. The second kappa shape index (κ2) is 8.64. The topological polar surface area (TPSA) is 72.0 Å². The summed E-state index contributed by atoms with van der Waals surface area (Å²) in [4.78, 5) is 11.5. The molecule has 2 aromatic carbocycles. The van der Waals surface area contributed by atoms with Gasteiger partial charge in [0.05, 0.1) is 26.0 Å². The van der Waals surface area contributed by atoms with Crippen LogP contribution >= 0.6 is 12.2 Å². The third-order valence-electron chi connectivity index (χ3n) is 3.05. The van der Waals surface area contributed by atoms with E-state index in [0.717, 1.165) is 5.56 Å². The van der Waals surface area contributed by atoms with E-state index in [1.54, 1.807) is 37.6 Å². The number of methoxy groups -OCH3 is 2. The molecule has 0 heterocycles. The van der Waals surface area contributed by atoms with Gasteiger partial charge in [-0.1, -0.05) is 18.2 Å². The molecule has 0 fully saturated rings. The number of carbonyl (C=O) groups is 1. The molecule has 0 spiro atoms. The lowest BCUT2D eigenvalue weighted by Crippen LogP contribution is -2.24. The molecule has 0 aliphatic rings. The SMILES string of the molecule is COC(=O)c1cccc(NC(=S)NN=Cc2ccccc2OC)c1. The fraction of sp³-hybridized carbons (Fsp3) is 0.118. The molecule has 0 atom stereocenters. The lowest BCUT2D eigenvalue weighted by Gasteiger charge is -2.08. The van der Waals surface area contributed by atoms with Gasteiger partial charge in [0.2, 0.25) is 0 Å². The molecule has 0 aliphatic heterocycles. The zero-order valence-electron chi connectivity index (χ0n) is 13.3. The van der Waals surface area contributed by atoms with Crippen molar-refractivity contribution in [2.75, 3.05) is 19.5 Å². The Hall–Kier alpha value is -2.93. The minimum Gasteiger partial charge on any atom is -0.496 e. The highest BCUT2D eigenvalue weighted by atomic mass is 32.1. The Balaban J connectivity index is 1.96. The number of ether oxygens (including phenoxy) is 2. The van der Waals surface area contributed by atoms with Gasteiger partial charge in [0.25, 0.3) is 0 Å². The number of para-hydroxylation sites is 1. The summed E-state index contributed by atoms with van der Waals surface area (Å²) in [6, 6.07) is 14.3. The van der Waals surface area contributed by atoms with Gasteiger partial charge in [0.15, 0.2) is 5.11 Å². The highest BCUT2D eigenvalue weighted by Crippen LogP contribution is 2.14. The van der Waals surface area contributed by atoms with Crippen molar-refractivity contribution < 1.29 is 14.3 Å². The van der Waals surface area contributed by atoms with Gasteiger partial charge in [-0.25, -0.2) is 4.79 Å². The molecule has 24 heavy (non-hydrogen) atoms. The number of benzene rings is 2. The molecule has 0 bridgehead atoms. The number of hydrogen-bond donors (Lipinski definition) is 2. The minimum atomic E-state index is -0.410. The van der Waals surface area contributed by atoms with Crippen LogP contribution in [-0.2, 0) is 4.74 Å². The van der Waals surface area contributed by atoms with Crippen LogP contribution in [0.4, 0.5) is 5.69 Å². The van der Waals surface area contributed by atoms with E-state index in [9.17, 15) is 4.79 Å². The number of anilines is 1. The first-order chi connectivity index (χ1) is 11.6. The summed E-state index contributed by atoms with van der Waals surface area (Å²) in [5.74, 6) is 0.305. The Labute approximate surface area is 145 Å². The molecular formula is C17H17N3O3S. The summed E-state index contributed by atoms with van der Waals surface area (Å²) in [6.45, 7) is 0. The average Bonchev–Trinajstić information content (AvgIpc) is 2.61. The highest BCUT2D eigenvalue weighted by Gasteiger charge is 2.06. The van der Waals surface area contributed by atoms with Crippen molar-refractivity contribution in [1.29, 1.82) is 0 Å². The smallest absolute Gasteiger partial charge is 0.337 e. The van der Waals surface area contributed by atoms with Crippen molar-refractivity contribution in [2.24, 2.45) is 5.10 Å². The Morgan fingerprint density at radius 2 is 1.96 bits per heavy atom. The summed E-state index contributed by atoms with van der Waals surface area (Å²) in [6.07, 6.45) is 1.61. The molecule has 2 rings (SSSR count). The van der Waals surface area contributed by atoms with Gasteiger partial charge >= 0.3 is 5.97 Å². The maximum absolute atomic E-state index is 11.5. The van der Waals surface area contributed by atoms with Crippen LogP contribution in [0.1, 0.15) is 15.9 Å². The number of hydrogen-bond acceptors (Lipinski definition) is 5. The third-order valence-corrected chi connectivity index (χ3v) is 3.24. The average molecular weight is 343 g/mol. The zero-order valence-corrected chi connectivity index (χ0v) is 14.1. The predicted octanol–water partition coefficient (Wildman–Crippen LogP) is 2.80. The Morgan fingerprint density at radius 3 is 2.71 bits per heavy atom. The lowest BCUT2D eigenvalue weighted by molar-refractivity contribution is 0.0601. The van der Waals surface area contributed by atoms with E-state index in [0.29, 0.717) is 22.1 Å². The molecule has 0 saturated heterocycles. The maximum Gasteiger partial charge on any atom is 0.337 e. The van der Waals surface area contributed by atoms with E-state index in [1.165, 1.54) is 7.11 Å². The van der Waals surface area contributed by atoms with Crippen LogP contribution in [0.5, 0.6) is 5.75 Å². The molecule has 0 radical (unpaired) electrons. The molecule has 6 nitrogen and oxygen atoms in total. The Kier molecular flexibility index (Phi) is 6.27. The predicted molar refractivity (Wildman–Crippen MR) is 97.7 cm³/mol. The van der Waals surface area contributed by atoms with Crippen LogP contribution in [0.25, 0.3) is 0 Å². The van der Waals surface area contributed by atoms with Crippen LogP contribution in [0.3, 0.4) is 0 Å². The van der Waals surface area contributed by atoms with Gasteiger partial charge in [-0.15, -0.1) is 0 Å². The van der Waals surface area contributed by atoms with E-state index in [-0.39, 0.29) is 0 Å². The first-order valence-electron chi connectivity index (χ1n) is 7.05. The van der Waals surface area contributed by atoms with Gasteiger partial charge in [0, 0.05) is 11.3 Å². The van der Waals surface area contributed by atoms with Gasteiger partial charge in [0.1, 0.15) is 5.75 Å². The first-order valence-corrected chi connectivity index (χ1v) is 7.46. The molecule has 7 heteroatoms. The van der Waals surface area contributed by atoms with Crippen molar-refractivity contribution in [2.45, 2.75) is 0 Å². The fourth-order valence-corrected chi connectivity index (χ4v) is 2.10. The number of nitrogens with zero attached hydrogens (tertiary/aromatic N) is 1. The van der Waals surface area contributed by atoms with Crippen molar-refractivity contribution >= 4 is 35.2 Å². The summed E-state index contributed by atoms with van der Waals surface area (Å²) in [5.41, 5.74) is 4.62. The molecule has 0 unspecified atom stereocenters. The molecule has 0 aliphatic carbocycles. The molecule has 2 N–H and O–H groups in total. The van der Waals surface area contributed by atoms with Gasteiger partial charge in [-0.2, -0.15) is 5.10 Å². The van der Waals surface area contributed by atoms with Gasteiger partial charge in [-0.3, -0.25) is 5.43 Å². The number of thiocarbonyl (C=S) groups is 1. The van der Waals surface area contributed by atoms with E-state index >= 15 is 0 Å². The molecule has 0 saturated carbocycles. The normalized spacial score (nSPS) is 10.2. The largest absolute Gasteiger partial charge is 0.496 e. The molecular weight excluding hydrogens is 326 g/mol. The van der Waals surface area contributed by atoms with Gasteiger partial charge < -0.3 is 14.8 Å². The Morgan fingerprint density at radius 1 is 1.17 bits per heavy atom. The second-order valence-corrected chi connectivity index (χ2v) is 5.05. The zero-order chi connectivity index (χ0) is 17.4.